The molecule has 0 aliphatic carbocycles. The van der Waals surface area contributed by atoms with Gasteiger partial charge in [-0.15, -0.1) is 12.4 Å². The van der Waals surface area contributed by atoms with Gasteiger partial charge in [-0.1, -0.05) is 36.8 Å². The number of carbonyl (C=O) groups is 1. The number of carbonyl (C=O) groups excluding carboxylic acids is 1. The van der Waals surface area contributed by atoms with Gasteiger partial charge in [0.2, 0.25) is 0 Å². The van der Waals surface area contributed by atoms with Gasteiger partial charge in [-0.25, -0.2) is 13.6 Å². The molecule has 8 heteroatoms. The predicted molar refractivity (Wildman–Crippen MR) is 113 cm³/mol. The molecule has 1 saturated heterocycles. The monoisotopic (exact) mass is 440 g/mol. The second-order valence-corrected chi connectivity index (χ2v) is 7.13. The molecule has 0 bridgehead atoms. The lowest BCUT2D eigenvalue weighted by atomic mass is 10.1. The number of nitrogens with zero attached hydrogens (tertiary/aromatic N) is 1. The van der Waals surface area contributed by atoms with Crippen molar-refractivity contribution in [3.05, 3.63) is 64.7 Å². The molecular weight excluding hydrogens is 414 g/mol. The molecule has 164 valence electrons. The van der Waals surface area contributed by atoms with Gasteiger partial charge in [0.15, 0.2) is 11.6 Å². The Kier molecular flexibility index (Phi) is 8.87. The van der Waals surface area contributed by atoms with Crippen LogP contribution in [0.4, 0.5) is 13.6 Å². The van der Waals surface area contributed by atoms with E-state index in [2.05, 4.69) is 5.32 Å². The van der Waals surface area contributed by atoms with Gasteiger partial charge in [0.1, 0.15) is 19.0 Å². The van der Waals surface area contributed by atoms with Gasteiger partial charge in [0.05, 0.1) is 5.56 Å². The van der Waals surface area contributed by atoms with E-state index in [1.807, 2.05) is 38.1 Å². The van der Waals surface area contributed by atoms with E-state index in [1.165, 1.54) is 6.07 Å². The molecule has 0 aromatic heterocycles. The highest BCUT2D eigenvalue weighted by Gasteiger charge is 2.27. The quantitative estimate of drug-likeness (QED) is 0.713. The minimum absolute atomic E-state index is 0. The fourth-order valence-electron chi connectivity index (χ4n) is 3.37. The van der Waals surface area contributed by atoms with Gasteiger partial charge in [-0.05, 0) is 31.0 Å². The van der Waals surface area contributed by atoms with Gasteiger partial charge in [-0.3, -0.25) is 0 Å². The number of aryl methyl sites for hydroxylation is 1. The van der Waals surface area contributed by atoms with Crippen LogP contribution in [0.25, 0.3) is 0 Å². The lowest BCUT2D eigenvalue weighted by Crippen LogP contribution is -2.53. The van der Waals surface area contributed by atoms with Crippen LogP contribution >= 0.6 is 12.4 Å². The maximum atomic E-state index is 14.8. The van der Waals surface area contributed by atoms with Crippen molar-refractivity contribution in [2.75, 3.05) is 19.6 Å². The van der Waals surface area contributed by atoms with Crippen molar-refractivity contribution in [1.82, 2.24) is 10.2 Å². The van der Waals surface area contributed by atoms with Crippen LogP contribution in [-0.4, -0.2) is 36.7 Å². The Bertz CT molecular complexity index is 866. The van der Waals surface area contributed by atoms with E-state index in [0.717, 1.165) is 23.6 Å². The Morgan fingerprint density at radius 3 is 2.77 bits per heavy atom. The third kappa shape index (κ3) is 5.83. The van der Waals surface area contributed by atoms with E-state index >= 15 is 0 Å². The zero-order valence-corrected chi connectivity index (χ0v) is 17.9. The summed E-state index contributed by atoms with van der Waals surface area (Å²) in [6, 6.07) is 10.0. The summed E-state index contributed by atoms with van der Waals surface area (Å²) in [6.45, 7) is 5.44. The van der Waals surface area contributed by atoms with E-state index in [1.54, 1.807) is 4.90 Å². The van der Waals surface area contributed by atoms with E-state index in [0.29, 0.717) is 19.6 Å². The fourth-order valence-corrected chi connectivity index (χ4v) is 3.37. The molecular formula is C22H27ClF2N2O3. The number of piperazine rings is 1. The lowest BCUT2D eigenvalue weighted by Gasteiger charge is -2.34. The topological polar surface area (TPSA) is 50.8 Å². The molecule has 0 radical (unpaired) electrons. The van der Waals surface area contributed by atoms with Crippen molar-refractivity contribution in [3.8, 4) is 5.75 Å². The maximum absolute atomic E-state index is 14.8. The molecule has 1 N–H and O–H groups in total. The second kappa shape index (κ2) is 11.1. The van der Waals surface area contributed by atoms with Crippen LogP contribution in [0.3, 0.4) is 0 Å². The third-order valence-corrected chi connectivity index (χ3v) is 5.02. The summed E-state index contributed by atoms with van der Waals surface area (Å²) in [4.78, 5) is 14.0. The van der Waals surface area contributed by atoms with Crippen LogP contribution in [0.15, 0.2) is 36.4 Å². The maximum Gasteiger partial charge on any atom is 0.410 e. The number of benzene rings is 2. The molecule has 1 aliphatic heterocycles. The van der Waals surface area contributed by atoms with Crippen molar-refractivity contribution in [3.63, 3.8) is 0 Å². The van der Waals surface area contributed by atoms with Gasteiger partial charge in [-0.2, -0.15) is 0 Å². The summed E-state index contributed by atoms with van der Waals surface area (Å²) in [5.74, 6) is -1.70. The van der Waals surface area contributed by atoms with Gasteiger partial charge >= 0.3 is 6.09 Å². The summed E-state index contributed by atoms with van der Waals surface area (Å²) in [6.07, 6.45) is 0.204. The summed E-state index contributed by atoms with van der Waals surface area (Å²) in [5.41, 5.74) is 1.63. The first-order chi connectivity index (χ1) is 14.0. The number of ether oxygens (including phenoxy) is 2. The minimum Gasteiger partial charge on any atom is -0.486 e. The largest absolute Gasteiger partial charge is 0.486 e. The molecule has 2 aromatic rings. The highest BCUT2D eigenvalue weighted by atomic mass is 35.5. The predicted octanol–water partition coefficient (Wildman–Crippen LogP) is 4.59. The smallest absolute Gasteiger partial charge is 0.410 e. The Balaban J connectivity index is 0.00000320. The van der Waals surface area contributed by atoms with Crippen molar-refractivity contribution in [2.45, 2.75) is 39.5 Å². The van der Waals surface area contributed by atoms with Crippen molar-refractivity contribution in [1.29, 1.82) is 0 Å². The SMILES string of the molecule is CC[C@@H]1CNCCN1C(=O)OCc1c(F)ccc(OCc2cccc(C)c2)c1F.Cl. The second-order valence-electron chi connectivity index (χ2n) is 7.13. The summed E-state index contributed by atoms with van der Waals surface area (Å²) >= 11 is 0. The Morgan fingerprint density at radius 1 is 1.23 bits per heavy atom. The first-order valence-corrected chi connectivity index (χ1v) is 9.79. The Hall–Kier alpha value is -2.38. The standard InChI is InChI=1S/C22H26F2N2O3.ClH/c1-3-17-12-25-9-10-26(17)22(27)29-14-18-19(23)7-8-20(21(18)24)28-13-16-6-4-5-15(2)11-16;/h4-8,11,17,25H,3,9-10,12-14H2,1-2H3;1H/t17-;/m1./s1. The van der Waals surface area contributed by atoms with Crippen LogP contribution < -0.4 is 10.1 Å². The highest BCUT2D eigenvalue weighted by molar-refractivity contribution is 5.85. The first-order valence-electron chi connectivity index (χ1n) is 9.79. The molecule has 1 heterocycles. The van der Waals surface area contributed by atoms with Crippen LogP contribution in [0.5, 0.6) is 5.75 Å². The molecule has 0 unspecified atom stereocenters. The van der Waals surface area contributed by atoms with E-state index in [9.17, 15) is 13.6 Å². The number of nitrogens with one attached hydrogen (secondary N) is 1. The molecule has 0 spiro atoms. The molecule has 0 saturated carbocycles. The average molecular weight is 441 g/mol. The normalized spacial score (nSPS) is 16.0. The van der Waals surface area contributed by atoms with Crippen LogP contribution in [-0.2, 0) is 18.0 Å². The van der Waals surface area contributed by atoms with E-state index in [-0.39, 0.29) is 36.4 Å². The molecule has 1 aliphatic rings. The van der Waals surface area contributed by atoms with E-state index in [4.69, 9.17) is 9.47 Å². The third-order valence-electron chi connectivity index (χ3n) is 5.02. The average Bonchev–Trinajstić information content (AvgIpc) is 2.73. The summed E-state index contributed by atoms with van der Waals surface area (Å²) in [5, 5.41) is 3.22. The number of hydrogen-bond acceptors (Lipinski definition) is 4. The van der Waals surface area contributed by atoms with Crippen LogP contribution in [0.2, 0.25) is 0 Å². The van der Waals surface area contributed by atoms with Gasteiger partial charge in [0.25, 0.3) is 0 Å². The summed E-state index contributed by atoms with van der Waals surface area (Å²) in [7, 11) is 0. The fraction of sp³-hybridized carbons (Fsp3) is 0.409. The lowest BCUT2D eigenvalue weighted by molar-refractivity contribution is 0.0697. The molecule has 30 heavy (non-hydrogen) atoms. The molecule has 1 fully saturated rings. The van der Waals surface area contributed by atoms with Crippen LogP contribution in [0.1, 0.15) is 30.0 Å². The van der Waals surface area contributed by atoms with Gasteiger partial charge < -0.3 is 19.7 Å². The molecule has 1 atom stereocenters. The Morgan fingerprint density at radius 2 is 2.03 bits per heavy atom. The van der Waals surface area contributed by atoms with Crippen LogP contribution in [0, 0.1) is 18.6 Å². The number of halogens is 3. The van der Waals surface area contributed by atoms with Crippen molar-refractivity contribution >= 4 is 18.5 Å². The summed E-state index contributed by atoms with van der Waals surface area (Å²) < 4.78 is 39.7. The minimum atomic E-state index is -0.849. The molecule has 3 rings (SSSR count). The molecule has 5 nitrogen and oxygen atoms in total. The highest BCUT2D eigenvalue weighted by Crippen LogP contribution is 2.25. The number of hydrogen-bond donors (Lipinski definition) is 1. The van der Waals surface area contributed by atoms with Gasteiger partial charge in [0, 0.05) is 25.7 Å². The number of amides is 1. The van der Waals surface area contributed by atoms with E-state index < -0.39 is 24.3 Å². The molecule has 1 amide bonds. The zero-order chi connectivity index (χ0) is 20.8. The molecule has 2 aromatic carbocycles. The zero-order valence-electron chi connectivity index (χ0n) is 17.1. The van der Waals surface area contributed by atoms with Crippen molar-refractivity contribution < 1.29 is 23.0 Å². The van der Waals surface area contributed by atoms with Crippen molar-refractivity contribution in [2.24, 2.45) is 0 Å². The number of rotatable bonds is 6. The Labute approximate surface area is 181 Å². The first kappa shape index (κ1) is 23.9.